The van der Waals surface area contributed by atoms with Gasteiger partial charge in [-0.3, -0.25) is 9.89 Å². The van der Waals surface area contributed by atoms with Crippen molar-refractivity contribution in [3.8, 4) is 11.3 Å². The monoisotopic (exact) mass is 299 g/mol. The standard InChI is InChI=1S/C12H11ClFN3OS/c13-9-5-7(1-2-10(9)14)11-8(6-16-17-11)12(18)15-3-4-19/h1-2,5-6,19H,3-4H2,(H,15,18)(H,16,17). The Labute approximate surface area is 119 Å². The summed E-state index contributed by atoms with van der Waals surface area (Å²) in [5, 5.41) is 9.24. The van der Waals surface area contributed by atoms with Gasteiger partial charge >= 0.3 is 0 Å². The molecule has 0 atom stereocenters. The van der Waals surface area contributed by atoms with Gasteiger partial charge in [-0.15, -0.1) is 0 Å². The van der Waals surface area contributed by atoms with Gasteiger partial charge in [0.1, 0.15) is 5.82 Å². The summed E-state index contributed by atoms with van der Waals surface area (Å²) in [6, 6.07) is 4.22. The Morgan fingerprint density at radius 1 is 1.53 bits per heavy atom. The maximum absolute atomic E-state index is 13.1. The van der Waals surface area contributed by atoms with Crippen LogP contribution in [0.3, 0.4) is 0 Å². The lowest BCUT2D eigenvalue weighted by Gasteiger charge is -2.05. The fraction of sp³-hybridized carbons (Fsp3) is 0.167. The quantitative estimate of drug-likeness (QED) is 0.760. The highest BCUT2D eigenvalue weighted by atomic mass is 35.5. The van der Waals surface area contributed by atoms with E-state index in [0.29, 0.717) is 29.1 Å². The molecule has 1 aromatic heterocycles. The Bertz CT molecular complexity index is 602. The predicted molar refractivity (Wildman–Crippen MR) is 75.2 cm³/mol. The number of nitrogens with one attached hydrogen (secondary N) is 2. The average Bonchev–Trinajstić information content (AvgIpc) is 2.88. The molecule has 7 heteroatoms. The molecule has 1 aromatic carbocycles. The first-order chi connectivity index (χ1) is 9.13. The largest absolute Gasteiger partial charge is 0.351 e. The van der Waals surface area contributed by atoms with Crippen molar-refractivity contribution in [3.05, 3.63) is 40.8 Å². The van der Waals surface area contributed by atoms with Crippen molar-refractivity contribution >= 4 is 30.1 Å². The minimum Gasteiger partial charge on any atom is -0.351 e. The van der Waals surface area contributed by atoms with Crippen molar-refractivity contribution in [2.75, 3.05) is 12.3 Å². The molecule has 0 aliphatic carbocycles. The number of carbonyl (C=O) groups is 1. The molecule has 0 spiro atoms. The van der Waals surface area contributed by atoms with Crippen LogP contribution >= 0.6 is 24.2 Å². The number of rotatable bonds is 4. The van der Waals surface area contributed by atoms with Crippen LogP contribution in [0.2, 0.25) is 5.02 Å². The summed E-state index contributed by atoms with van der Waals surface area (Å²) in [6.07, 6.45) is 1.42. The Morgan fingerprint density at radius 3 is 3.00 bits per heavy atom. The highest BCUT2D eigenvalue weighted by molar-refractivity contribution is 7.80. The highest BCUT2D eigenvalue weighted by Gasteiger charge is 2.15. The smallest absolute Gasteiger partial charge is 0.255 e. The molecule has 2 aromatic rings. The molecule has 0 aliphatic rings. The van der Waals surface area contributed by atoms with E-state index in [1.54, 1.807) is 0 Å². The van der Waals surface area contributed by atoms with Crippen LogP contribution in [0.15, 0.2) is 24.4 Å². The molecule has 19 heavy (non-hydrogen) atoms. The molecule has 0 fully saturated rings. The van der Waals surface area contributed by atoms with Gasteiger partial charge in [-0.1, -0.05) is 11.6 Å². The third kappa shape index (κ3) is 3.08. The Balaban J connectivity index is 2.33. The molecule has 2 rings (SSSR count). The number of carbonyl (C=O) groups excluding carboxylic acids is 1. The van der Waals surface area contributed by atoms with Gasteiger partial charge in [-0.25, -0.2) is 4.39 Å². The van der Waals surface area contributed by atoms with Crippen LogP contribution in [-0.2, 0) is 0 Å². The average molecular weight is 300 g/mol. The van der Waals surface area contributed by atoms with E-state index in [9.17, 15) is 9.18 Å². The van der Waals surface area contributed by atoms with Gasteiger partial charge in [0.2, 0.25) is 0 Å². The number of thiol groups is 1. The summed E-state index contributed by atoms with van der Waals surface area (Å²) in [4.78, 5) is 11.9. The fourth-order valence-electron chi connectivity index (χ4n) is 1.59. The molecule has 2 N–H and O–H groups in total. The van der Waals surface area contributed by atoms with E-state index in [1.807, 2.05) is 0 Å². The first-order valence-corrected chi connectivity index (χ1v) is 6.52. The summed E-state index contributed by atoms with van der Waals surface area (Å²) in [7, 11) is 0. The number of hydrogen-bond acceptors (Lipinski definition) is 3. The fourth-order valence-corrected chi connectivity index (χ4v) is 1.89. The molecule has 0 unspecified atom stereocenters. The van der Waals surface area contributed by atoms with Crippen molar-refractivity contribution in [1.82, 2.24) is 15.5 Å². The lowest BCUT2D eigenvalue weighted by Crippen LogP contribution is -2.25. The molecule has 0 aliphatic heterocycles. The van der Waals surface area contributed by atoms with E-state index in [4.69, 9.17) is 11.6 Å². The summed E-state index contributed by atoms with van der Waals surface area (Å²) in [5.74, 6) is -0.231. The van der Waals surface area contributed by atoms with E-state index in [1.165, 1.54) is 24.4 Å². The van der Waals surface area contributed by atoms with Crippen molar-refractivity contribution < 1.29 is 9.18 Å². The second-order valence-corrected chi connectivity index (χ2v) is 4.62. The molecule has 4 nitrogen and oxygen atoms in total. The molecular formula is C12H11ClFN3OS. The normalized spacial score (nSPS) is 10.5. The minimum absolute atomic E-state index is 0.00573. The predicted octanol–water partition coefficient (Wildman–Crippen LogP) is 2.53. The molecule has 0 radical (unpaired) electrons. The topological polar surface area (TPSA) is 57.8 Å². The minimum atomic E-state index is -0.508. The van der Waals surface area contributed by atoms with E-state index in [2.05, 4.69) is 28.1 Å². The second-order valence-electron chi connectivity index (χ2n) is 3.77. The van der Waals surface area contributed by atoms with Gasteiger partial charge in [0, 0.05) is 17.9 Å². The number of nitrogens with zero attached hydrogens (tertiary/aromatic N) is 1. The maximum Gasteiger partial charge on any atom is 0.255 e. The van der Waals surface area contributed by atoms with Gasteiger partial charge in [-0.2, -0.15) is 17.7 Å². The molecule has 100 valence electrons. The van der Waals surface area contributed by atoms with E-state index in [-0.39, 0.29) is 10.9 Å². The van der Waals surface area contributed by atoms with Crippen molar-refractivity contribution in [1.29, 1.82) is 0 Å². The summed E-state index contributed by atoms with van der Waals surface area (Å²) < 4.78 is 13.1. The van der Waals surface area contributed by atoms with Crippen LogP contribution in [-0.4, -0.2) is 28.4 Å². The number of H-pyrrole nitrogens is 1. The van der Waals surface area contributed by atoms with Crippen LogP contribution in [0.5, 0.6) is 0 Å². The lowest BCUT2D eigenvalue weighted by molar-refractivity contribution is 0.0957. The lowest BCUT2D eigenvalue weighted by atomic mass is 10.1. The molecular weight excluding hydrogens is 289 g/mol. The maximum atomic E-state index is 13.1. The number of amides is 1. The highest BCUT2D eigenvalue weighted by Crippen LogP contribution is 2.25. The van der Waals surface area contributed by atoms with Gasteiger partial charge in [0.05, 0.1) is 22.5 Å². The van der Waals surface area contributed by atoms with Crippen molar-refractivity contribution in [3.63, 3.8) is 0 Å². The van der Waals surface area contributed by atoms with Crippen LogP contribution in [0.1, 0.15) is 10.4 Å². The van der Waals surface area contributed by atoms with E-state index < -0.39 is 5.82 Å². The molecule has 1 heterocycles. The van der Waals surface area contributed by atoms with Gasteiger partial charge in [0.25, 0.3) is 5.91 Å². The zero-order valence-corrected chi connectivity index (χ0v) is 11.4. The SMILES string of the molecule is O=C(NCCS)c1cn[nH]c1-c1ccc(F)c(Cl)c1. The molecule has 0 bridgehead atoms. The van der Waals surface area contributed by atoms with E-state index in [0.717, 1.165) is 0 Å². The van der Waals surface area contributed by atoms with E-state index >= 15 is 0 Å². The number of halogens is 2. The van der Waals surface area contributed by atoms with Gasteiger partial charge in [-0.05, 0) is 18.2 Å². The molecule has 1 amide bonds. The van der Waals surface area contributed by atoms with Crippen molar-refractivity contribution in [2.45, 2.75) is 0 Å². The first-order valence-electron chi connectivity index (χ1n) is 5.51. The van der Waals surface area contributed by atoms with Gasteiger partial charge in [0.15, 0.2) is 0 Å². The third-order valence-corrected chi connectivity index (χ3v) is 3.00. The number of aromatic amines is 1. The summed E-state index contributed by atoms with van der Waals surface area (Å²) in [6.45, 7) is 0.455. The number of aromatic nitrogens is 2. The number of benzene rings is 1. The van der Waals surface area contributed by atoms with Crippen LogP contribution in [0.4, 0.5) is 4.39 Å². The zero-order valence-electron chi connectivity index (χ0n) is 9.78. The Hall–Kier alpha value is -1.53. The second kappa shape index (κ2) is 6.08. The van der Waals surface area contributed by atoms with Gasteiger partial charge < -0.3 is 5.32 Å². The number of hydrogen-bond donors (Lipinski definition) is 3. The van der Waals surface area contributed by atoms with Crippen molar-refractivity contribution in [2.24, 2.45) is 0 Å². The molecule has 0 saturated carbocycles. The van der Waals surface area contributed by atoms with Crippen LogP contribution in [0.25, 0.3) is 11.3 Å². The molecule has 0 saturated heterocycles. The Morgan fingerprint density at radius 2 is 2.32 bits per heavy atom. The third-order valence-electron chi connectivity index (χ3n) is 2.49. The van der Waals surface area contributed by atoms with Crippen LogP contribution in [0, 0.1) is 5.82 Å². The Kier molecular flexibility index (Phi) is 4.44. The van der Waals surface area contributed by atoms with Crippen LogP contribution < -0.4 is 5.32 Å². The zero-order chi connectivity index (χ0) is 13.8. The first kappa shape index (κ1) is 13.9. The summed E-state index contributed by atoms with van der Waals surface area (Å²) in [5.41, 5.74) is 1.47. The summed E-state index contributed by atoms with van der Waals surface area (Å²) >= 11 is 9.74.